The van der Waals surface area contributed by atoms with Crippen molar-refractivity contribution >= 4 is 52.4 Å². The molecule has 0 aromatic heterocycles. The number of carbonyl (C=O) groups is 1. The van der Waals surface area contributed by atoms with Gasteiger partial charge < -0.3 is 16.6 Å². The van der Waals surface area contributed by atoms with E-state index >= 15 is 0 Å². The largest absolute Gasteiger partial charge is 0.480 e. The topological polar surface area (TPSA) is 89.3 Å². The summed E-state index contributed by atoms with van der Waals surface area (Å²) in [4.78, 5) is 10.5. The number of rotatable bonds is 3. The lowest BCUT2D eigenvalue weighted by atomic mass is 10.1. The lowest BCUT2D eigenvalue weighted by Crippen LogP contribution is -2.32. The monoisotopic (exact) mass is 330 g/mol. The summed E-state index contributed by atoms with van der Waals surface area (Å²) in [5.41, 5.74) is 12.4. The summed E-state index contributed by atoms with van der Waals surface area (Å²) in [6, 6.07) is 4.39. The predicted molar refractivity (Wildman–Crippen MR) is 72.4 cm³/mol. The molecule has 0 amide bonds. The van der Waals surface area contributed by atoms with E-state index in [0.29, 0.717) is 12.1 Å². The van der Waals surface area contributed by atoms with Gasteiger partial charge in [0, 0.05) is 10.2 Å². The molecule has 0 radical (unpaired) electrons. The zero-order chi connectivity index (χ0) is 10.7. The first-order valence-electron chi connectivity index (χ1n) is 4.03. The van der Waals surface area contributed by atoms with Crippen molar-refractivity contribution in [2.24, 2.45) is 5.73 Å². The summed E-state index contributed by atoms with van der Waals surface area (Å²) in [7, 11) is 0. The quantitative estimate of drug-likeness (QED) is 0.737. The molecule has 0 unspecified atom stereocenters. The van der Waals surface area contributed by atoms with Gasteiger partial charge in [-0.05, 0) is 40.0 Å². The van der Waals surface area contributed by atoms with Gasteiger partial charge >= 0.3 is 5.97 Å². The molecule has 0 saturated carbocycles. The van der Waals surface area contributed by atoms with Gasteiger partial charge in [0.15, 0.2) is 0 Å². The van der Waals surface area contributed by atoms with E-state index in [9.17, 15) is 4.79 Å². The van der Waals surface area contributed by atoms with Crippen LogP contribution in [0.15, 0.2) is 22.7 Å². The summed E-state index contributed by atoms with van der Waals surface area (Å²) >= 11 is 3.26. The molecule has 0 saturated heterocycles. The molecule has 1 atom stereocenters. The number of benzene rings is 1. The highest BCUT2D eigenvalue weighted by Crippen LogP contribution is 2.20. The third-order valence-corrected chi connectivity index (χ3v) is 2.52. The van der Waals surface area contributed by atoms with E-state index in [4.69, 9.17) is 16.6 Å². The second-order valence-corrected chi connectivity index (χ2v) is 3.86. The van der Waals surface area contributed by atoms with E-state index in [1.54, 1.807) is 18.2 Å². The molecule has 0 bridgehead atoms. The van der Waals surface area contributed by atoms with Crippen LogP contribution in [-0.2, 0) is 11.2 Å². The highest BCUT2D eigenvalue weighted by Gasteiger charge is 2.12. The van der Waals surface area contributed by atoms with Crippen LogP contribution in [0.3, 0.4) is 0 Å². The SMILES string of the molecule is Cl.Cl.Nc1ccc(C[C@@H](N)C(=O)O)cc1Br. The first-order chi connectivity index (χ1) is 6.50. The third kappa shape index (κ3) is 5.03. The maximum atomic E-state index is 10.5. The van der Waals surface area contributed by atoms with E-state index in [2.05, 4.69) is 15.9 Å². The van der Waals surface area contributed by atoms with Crippen molar-refractivity contribution < 1.29 is 9.90 Å². The van der Waals surface area contributed by atoms with Crippen LogP contribution < -0.4 is 11.5 Å². The van der Waals surface area contributed by atoms with Gasteiger partial charge in [0.25, 0.3) is 0 Å². The molecular formula is C9H13BrCl2N2O2. The number of carboxylic acids is 1. The molecule has 16 heavy (non-hydrogen) atoms. The fourth-order valence-corrected chi connectivity index (χ4v) is 1.47. The van der Waals surface area contributed by atoms with Crippen molar-refractivity contribution in [2.45, 2.75) is 12.5 Å². The minimum absolute atomic E-state index is 0. The van der Waals surface area contributed by atoms with E-state index in [0.717, 1.165) is 10.0 Å². The average molecular weight is 332 g/mol. The van der Waals surface area contributed by atoms with E-state index < -0.39 is 12.0 Å². The fraction of sp³-hybridized carbons (Fsp3) is 0.222. The Balaban J connectivity index is 0. The van der Waals surface area contributed by atoms with Crippen LogP contribution in [0.4, 0.5) is 5.69 Å². The van der Waals surface area contributed by atoms with Crippen LogP contribution in [0.5, 0.6) is 0 Å². The van der Waals surface area contributed by atoms with Crippen LogP contribution >= 0.6 is 40.7 Å². The Morgan fingerprint density at radius 1 is 1.44 bits per heavy atom. The molecule has 7 heteroatoms. The van der Waals surface area contributed by atoms with Gasteiger partial charge in [0.1, 0.15) is 6.04 Å². The Morgan fingerprint density at radius 2 is 2.00 bits per heavy atom. The van der Waals surface area contributed by atoms with Crippen molar-refractivity contribution in [3.63, 3.8) is 0 Å². The Morgan fingerprint density at radius 3 is 2.44 bits per heavy atom. The Bertz CT molecular complexity index is 363. The average Bonchev–Trinajstić information content (AvgIpc) is 2.11. The minimum Gasteiger partial charge on any atom is -0.480 e. The smallest absolute Gasteiger partial charge is 0.320 e. The van der Waals surface area contributed by atoms with E-state index in [1.165, 1.54) is 0 Å². The molecule has 1 aromatic carbocycles. The number of aliphatic carboxylic acids is 1. The highest BCUT2D eigenvalue weighted by atomic mass is 79.9. The van der Waals surface area contributed by atoms with E-state index in [-0.39, 0.29) is 24.8 Å². The molecule has 4 nitrogen and oxygen atoms in total. The number of nitrogens with two attached hydrogens (primary N) is 2. The summed E-state index contributed by atoms with van der Waals surface area (Å²) in [6.45, 7) is 0. The number of carboxylic acid groups (broad SMARTS) is 1. The summed E-state index contributed by atoms with van der Waals surface area (Å²) in [5.74, 6) is -1.00. The molecule has 1 aromatic rings. The summed E-state index contributed by atoms with van der Waals surface area (Å²) < 4.78 is 0.757. The van der Waals surface area contributed by atoms with Crippen LogP contribution in [0.25, 0.3) is 0 Å². The zero-order valence-corrected chi connectivity index (χ0v) is 11.4. The molecule has 0 aliphatic heterocycles. The van der Waals surface area contributed by atoms with Gasteiger partial charge in [0.05, 0.1) is 0 Å². The lowest BCUT2D eigenvalue weighted by molar-refractivity contribution is -0.138. The highest BCUT2D eigenvalue weighted by molar-refractivity contribution is 9.10. The minimum atomic E-state index is -1.00. The number of hydrogen-bond donors (Lipinski definition) is 3. The maximum Gasteiger partial charge on any atom is 0.320 e. The standard InChI is InChI=1S/C9H11BrN2O2.2ClH/c10-6-3-5(1-2-7(6)11)4-8(12)9(13)14;;/h1-3,8H,4,11-12H2,(H,13,14);2*1H/t8-;;/m1../s1. The Hall–Kier alpha value is -0.490. The molecule has 0 aliphatic carbocycles. The number of hydrogen-bond acceptors (Lipinski definition) is 3. The van der Waals surface area contributed by atoms with Crippen molar-refractivity contribution in [2.75, 3.05) is 5.73 Å². The lowest BCUT2D eigenvalue weighted by Gasteiger charge is -2.07. The van der Waals surface area contributed by atoms with E-state index in [1.807, 2.05) is 0 Å². The summed E-state index contributed by atoms with van der Waals surface area (Å²) in [5, 5.41) is 8.61. The maximum absolute atomic E-state index is 10.5. The molecule has 0 fully saturated rings. The van der Waals surface area contributed by atoms with Crippen LogP contribution in [-0.4, -0.2) is 17.1 Å². The van der Waals surface area contributed by atoms with Crippen molar-refractivity contribution in [3.05, 3.63) is 28.2 Å². The van der Waals surface area contributed by atoms with Gasteiger partial charge in [-0.2, -0.15) is 0 Å². The molecule has 92 valence electrons. The second-order valence-electron chi connectivity index (χ2n) is 3.00. The number of anilines is 1. The molecule has 0 spiro atoms. The van der Waals surface area contributed by atoms with Crippen LogP contribution in [0, 0.1) is 0 Å². The Kier molecular flexibility index (Phi) is 8.64. The molecule has 0 heterocycles. The van der Waals surface area contributed by atoms with Crippen molar-refractivity contribution in [1.82, 2.24) is 0 Å². The first kappa shape index (κ1) is 17.9. The van der Waals surface area contributed by atoms with Gasteiger partial charge in [-0.25, -0.2) is 0 Å². The predicted octanol–water partition coefficient (Wildman–Crippen LogP) is 1.83. The third-order valence-electron chi connectivity index (χ3n) is 1.84. The number of nitrogen functional groups attached to an aromatic ring is 1. The van der Waals surface area contributed by atoms with Crippen molar-refractivity contribution in [1.29, 1.82) is 0 Å². The molecule has 1 rings (SSSR count). The molecule has 0 aliphatic rings. The fourth-order valence-electron chi connectivity index (χ4n) is 1.04. The van der Waals surface area contributed by atoms with Crippen molar-refractivity contribution in [3.8, 4) is 0 Å². The molecular weight excluding hydrogens is 319 g/mol. The van der Waals surface area contributed by atoms with Gasteiger partial charge in [-0.1, -0.05) is 6.07 Å². The normalized spacial score (nSPS) is 10.9. The first-order valence-corrected chi connectivity index (χ1v) is 4.82. The van der Waals surface area contributed by atoms with Gasteiger partial charge in [-0.15, -0.1) is 24.8 Å². The summed E-state index contributed by atoms with van der Waals surface area (Å²) in [6.07, 6.45) is 0.300. The van der Waals surface area contributed by atoms with Crippen LogP contribution in [0.1, 0.15) is 5.56 Å². The van der Waals surface area contributed by atoms with Gasteiger partial charge in [-0.3, -0.25) is 4.79 Å². The van der Waals surface area contributed by atoms with Gasteiger partial charge in [0.2, 0.25) is 0 Å². The second kappa shape index (κ2) is 7.73. The molecule has 5 N–H and O–H groups in total. The number of halogens is 3. The zero-order valence-electron chi connectivity index (χ0n) is 8.22. The Labute approximate surface area is 114 Å². The van der Waals surface area contributed by atoms with Crippen LogP contribution in [0.2, 0.25) is 0 Å².